The summed E-state index contributed by atoms with van der Waals surface area (Å²) >= 11 is 0. The van der Waals surface area contributed by atoms with E-state index in [0.717, 1.165) is 0 Å². The summed E-state index contributed by atoms with van der Waals surface area (Å²) in [6, 6.07) is 9.20. The molecule has 12 heavy (non-hydrogen) atoms. The van der Waals surface area contributed by atoms with Crippen molar-refractivity contribution in [2.75, 3.05) is 0 Å². The first-order valence-corrected chi connectivity index (χ1v) is 4.34. The quantitative estimate of drug-likeness (QED) is 0.508. The van der Waals surface area contributed by atoms with Gasteiger partial charge in [-0.2, -0.15) is 0 Å². The summed E-state index contributed by atoms with van der Waals surface area (Å²) in [5.41, 5.74) is 5.52. The molecule has 1 aromatic carbocycles. The van der Waals surface area contributed by atoms with Crippen LogP contribution in [0.1, 0.15) is 23.5 Å². The van der Waals surface area contributed by atoms with Gasteiger partial charge in [-0.1, -0.05) is 29.8 Å². The van der Waals surface area contributed by atoms with Gasteiger partial charge in [-0.05, 0) is 18.9 Å². The smallest absolute Gasteiger partial charge is 0.0286 e. The molecule has 1 aliphatic carbocycles. The fourth-order valence-corrected chi connectivity index (χ4v) is 1.56. The van der Waals surface area contributed by atoms with E-state index in [0.29, 0.717) is 12.0 Å². The lowest BCUT2D eigenvalue weighted by Gasteiger charge is -1.99. The molecule has 2 nitrogen and oxygen atoms in total. The molecule has 0 spiro atoms. The highest BCUT2D eigenvalue weighted by Gasteiger charge is 2.37. The predicted molar refractivity (Wildman–Crippen MR) is 49.6 cm³/mol. The van der Waals surface area contributed by atoms with Crippen molar-refractivity contribution >= 4 is 0 Å². The maximum absolute atomic E-state index is 5.34. The number of nitrogens with two attached hydrogens (primary N) is 1. The van der Waals surface area contributed by atoms with Crippen molar-refractivity contribution in [2.45, 2.75) is 25.3 Å². The normalized spacial score (nSPS) is 27.2. The topological polar surface area (TPSA) is 38.0 Å². The molecule has 1 saturated carbocycles. The summed E-state index contributed by atoms with van der Waals surface area (Å²) in [6.07, 6.45) is 1.18. The van der Waals surface area contributed by atoms with Crippen molar-refractivity contribution in [3.63, 3.8) is 0 Å². The van der Waals surface area contributed by atoms with Crippen LogP contribution in [0.4, 0.5) is 0 Å². The Morgan fingerprint density at radius 3 is 2.50 bits per heavy atom. The van der Waals surface area contributed by atoms with Crippen molar-refractivity contribution < 1.29 is 0 Å². The number of hydrogen-bond acceptors (Lipinski definition) is 2. The number of benzene rings is 1. The lowest BCUT2D eigenvalue weighted by molar-refractivity contribution is 0.715. The molecule has 0 bridgehead atoms. The molecule has 64 valence electrons. The maximum atomic E-state index is 5.34. The second kappa shape index (κ2) is 2.88. The molecule has 0 amide bonds. The van der Waals surface area contributed by atoms with Crippen molar-refractivity contribution in [2.24, 2.45) is 5.84 Å². The lowest BCUT2D eigenvalue weighted by atomic mass is 10.1. The Morgan fingerprint density at radius 1 is 1.33 bits per heavy atom. The molecule has 0 heterocycles. The van der Waals surface area contributed by atoms with Gasteiger partial charge in [0.1, 0.15) is 0 Å². The van der Waals surface area contributed by atoms with Crippen molar-refractivity contribution in [1.82, 2.24) is 5.43 Å². The number of aryl methyl sites for hydroxylation is 1. The van der Waals surface area contributed by atoms with E-state index in [-0.39, 0.29) is 0 Å². The minimum Gasteiger partial charge on any atom is -0.271 e. The van der Waals surface area contributed by atoms with Gasteiger partial charge >= 0.3 is 0 Å². The van der Waals surface area contributed by atoms with E-state index in [9.17, 15) is 0 Å². The lowest BCUT2D eigenvalue weighted by Crippen LogP contribution is -2.25. The molecule has 0 aromatic heterocycles. The van der Waals surface area contributed by atoms with Crippen LogP contribution in [0.25, 0.3) is 0 Å². The van der Waals surface area contributed by atoms with Gasteiger partial charge < -0.3 is 0 Å². The standard InChI is InChI=1S/C10H14N2/c1-7-2-4-8(5-3-7)9-6-10(9)12-11/h2-5,9-10,12H,6,11H2,1H3. The van der Waals surface area contributed by atoms with Gasteiger partial charge in [0.15, 0.2) is 0 Å². The molecule has 1 aromatic rings. The van der Waals surface area contributed by atoms with Crippen LogP contribution in [-0.4, -0.2) is 6.04 Å². The van der Waals surface area contributed by atoms with Gasteiger partial charge in [0.05, 0.1) is 0 Å². The van der Waals surface area contributed by atoms with E-state index < -0.39 is 0 Å². The Labute approximate surface area is 72.7 Å². The zero-order chi connectivity index (χ0) is 8.55. The Morgan fingerprint density at radius 2 is 2.00 bits per heavy atom. The monoisotopic (exact) mass is 162 g/mol. The van der Waals surface area contributed by atoms with E-state index in [1.54, 1.807) is 0 Å². The van der Waals surface area contributed by atoms with Gasteiger partial charge in [0.2, 0.25) is 0 Å². The first-order chi connectivity index (χ1) is 5.81. The summed E-state index contributed by atoms with van der Waals surface area (Å²) < 4.78 is 0. The summed E-state index contributed by atoms with van der Waals surface area (Å²) in [7, 11) is 0. The molecule has 0 radical (unpaired) electrons. The number of nitrogens with one attached hydrogen (secondary N) is 1. The largest absolute Gasteiger partial charge is 0.271 e. The molecule has 2 unspecified atom stereocenters. The summed E-state index contributed by atoms with van der Waals surface area (Å²) in [5, 5.41) is 0. The SMILES string of the molecule is Cc1ccc(C2CC2NN)cc1. The number of hydrazine groups is 1. The minimum atomic E-state index is 0.507. The van der Waals surface area contributed by atoms with Crippen LogP contribution in [0, 0.1) is 6.92 Å². The van der Waals surface area contributed by atoms with Crippen LogP contribution < -0.4 is 11.3 Å². The molecule has 3 N–H and O–H groups in total. The van der Waals surface area contributed by atoms with Crippen molar-refractivity contribution in [3.05, 3.63) is 35.4 Å². The van der Waals surface area contributed by atoms with Crippen LogP contribution in [0.2, 0.25) is 0 Å². The highest BCUT2D eigenvalue weighted by atomic mass is 15.3. The van der Waals surface area contributed by atoms with Crippen molar-refractivity contribution in [3.8, 4) is 0 Å². The second-order valence-electron chi connectivity index (χ2n) is 3.53. The van der Waals surface area contributed by atoms with Crippen LogP contribution in [0.3, 0.4) is 0 Å². The van der Waals surface area contributed by atoms with Gasteiger partial charge in [-0.25, -0.2) is 0 Å². The van der Waals surface area contributed by atoms with Crippen LogP contribution >= 0.6 is 0 Å². The molecule has 2 atom stereocenters. The maximum Gasteiger partial charge on any atom is 0.0286 e. The van der Waals surface area contributed by atoms with Crippen molar-refractivity contribution in [1.29, 1.82) is 0 Å². The molecule has 0 aliphatic heterocycles. The van der Waals surface area contributed by atoms with Gasteiger partial charge in [0, 0.05) is 12.0 Å². The summed E-state index contributed by atoms with van der Waals surface area (Å²) in [6.45, 7) is 2.11. The Kier molecular flexibility index (Phi) is 1.87. The molecule has 1 fully saturated rings. The van der Waals surface area contributed by atoms with Crippen LogP contribution in [0.5, 0.6) is 0 Å². The Hall–Kier alpha value is -0.860. The molecule has 1 aliphatic rings. The number of hydrogen-bond donors (Lipinski definition) is 2. The van der Waals surface area contributed by atoms with E-state index in [2.05, 4.69) is 36.6 Å². The van der Waals surface area contributed by atoms with E-state index in [1.807, 2.05) is 0 Å². The molecule has 2 heteroatoms. The van der Waals surface area contributed by atoms with Gasteiger partial charge in [-0.15, -0.1) is 0 Å². The first kappa shape index (κ1) is 7.77. The Bertz CT molecular complexity index is 266. The minimum absolute atomic E-state index is 0.507. The molecule has 2 rings (SSSR count). The van der Waals surface area contributed by atoms with E-state index >= 15 is 0 Å². The predicted octanol–water partition coefficient (Wildman–Crippen LogP) is 1.31. The van der Waals surface area contributed by atoms with Crippen LogP contribution in [-0.2, 0) is 0 Å². The van der Waals surface area contributed by atoms with Crippen LogP contribution in [0.15, 0.2) is 24.3 Å². The highest BCUT2D eigenvalue weighted by Crippen LogP contribution is 2.39. The second-order valence-corrected chi connectivity index (χ2v) is 3.53. The fourth-order valence-electron chi connectivity index (χ4n) is 1.56. The third kappa shape index (κ3) is 1.36. The summed E-state index contributed by atoms with van der Waals surface area (Å²) in [5.74, 6) is 5.99. The molecular formula is C10H14N2. The third-order valence-corrected chi connectivity index (χ3v) is 2.51. The first-order valence-electron chi connectivity index (χ1n) is 4.34. The number of rotatable bonds is 2. The zero-order valence-electron chi connectivity index (χ0n) is 7.25. The highest BCUT2D eigenvalue weighted by molar-refractivity contribution is 5.30. The van der Waals surface area contributed by atoms with Gasteiger partial charge in [0.25, 0.3) is 0 Å². The Balaban J connectivity index is 2.10. The fraction of sp³-hybridized carbons (Fsp3) is 0.400. The van der Waals surface area contributed by atoms with E-state index in [4.69, 9.17) is 5.84 Å². The molecule has 0 saturated heterocycles. The molecular weight excluding hydrogens is 148 g/mol. The third-order valence-electron chi connectivity index (χ3n) is 2.51. The van der Waals surface area contributed by atoms with E-state index in [1.165, 1.54) is 17.5 Å². The van der Waals surface area contributed by atoms with Gasteiger partial charge in [-0.3, -0.25) is 11.3 Å². The average molecular weight is 162 g/mol. The average Bonchev–Trinajstić information content (AvgIpc) is 2.85. The zero-order valence-corrected chi connectivity index (χ0v) is 7.25. The summed E-state index contributed by atoms with van der Waals surface area (Å²) in [4.78, 5) is 0.